The summed E-state index contributed by atoms with van der Waals surface area (Å²) in [4.78, 5) is 0. The fourth-order valence-corrected chi connectivity index (χ4v) is 2.79. The lowest BCUT2D eigenvalue weighted by atomic mass is 10.0. The molecule has 0 bridgehead atoms. The van der Waals surface area contributed by atoms with Gasteiger partial charge in [0, 0.05) is 22.6 Å². The number of hydrogen-bond donors (Lipinski definition) is 1. The van der Waals surface area contributed by atoms with Gasteiger partial charge in [-0.2, -0.15) is 0 Å². The van der Waals surface area contributed by atoms with Gasteiger partial charge >= 0.3 is 0 Å². The lowest BCUT2D eigenvalue weighted by Gasteiger charge is -2.16. The van der Waals surface area contributed by atoms with Crippen LogP contribution in [0.5, 0.6) is 5.75 Å². The van der Waals surface area contributed by atoms with Crippen LogP contribution in [0.1, 0.15) is 24.1 Å². The van der Waals surface area contributed by atoms with Gasteiger partial charge in [-0.1, -0.05) is 28.1 Å². The predicted octanol–water partition coefficient (Wildman–Crippen LogP) is 4.56. The number of nitrogens with one attached hydrogen (secondary N) is 1. The second-order valence-corrected chi connectivity index (χ2v) is 5.76. The monoisotopic (exact) mass is 317 g/mol. The van der Waals surface area contributed by atoms with E-state index in [4.69, 9.17) is 4.74 Å². The van der Waals surface area contributed by atoms with Gasteiger partial charge in [0.15, 0.2) is 0 Å². The Morgan fingerprint density at radius 1 is 1.21 bits per heavy atom. The van der Waals surface area contributed by atoms with Crippen molar-refractivity contribution >= 4 is 21.6 Å². The molecule has 1 unspecified atom stereocenters. The molecule has 0 spiro atoms. The van der Waals surface area contributed by atoms with E-state index >= 15 is 0 Å². The average molecular weight is 318 g/mol. The Morgan fingerprint density at radius 2 is 2.11 bits per heavy atom. The molecule has 0 radical (unpaired) electrons. The van der Waals surface area contributed by atoms with Crippen LogP contribution in [0.15, 0.2) is 46.9 Å². The molecular formula is C16H16BrNO. The van der Waals surface area contributed by atoms with Gasteiger partial charge < -0.3 is 10.1 Å². The summed E-state index contributed by atoms with van der Waals surface area (Å²) in [5, 5.41) is 3.52. The van der Waals surface area contributed by atoms with Crippen LogP contribution in [-0.2, 0) is 6.42 Å². The van der Waals surface area contributed by atoms with Gasteiger partial charge in [0.25, 0.3) is 0 Å². The molecule has 0 saturated carbocycles. The molecule has 1 N–H and O–H groups in total. The van der Waals surface area contributed by atoms with E-state index in [1.54, 1.807) is 0 Å². The van der Waals surface area contributed by atoms with Crippen molar-refractivity contribution in [3.05, 3.63) is 58.1 Å². The zero-order valence-corrected chi connectivity index (χ0v) is 12.4. The Hall–Kier alpha value is -1.48. The van der Waals surface area contributed by atoms with Gasteiger partial charge in [-0.15, -0.1) is 0 Å². The van der Waals surface area contributed by atoms with E-state index in [1.807, 2.05) is 12.1 Å². The maximum Gasteiger partial charge on any atom is 0.122 e. The predicted molar refractivity (Wildman–Crippen MR) is 81.8 cm³/mol. The van der Waals surface area contributed by atoms with E-state index in [9.17, 15) is 0 Å². The Balaban J connectivity index is 1.78. The largest absolute Gasteiger partial charge is 0.493 e. The summed E-state index contributed by atoms with van der Waals surface area (Å²) in [5.41, 5.74) is 3.74. The summed E-state index contributed by atoms with van der Waals surface area (Å²) in [7, 11) is 0. The van der Waals surface area contributed by atoms with E-state index < -0.39 is 0 Å². The second-order valence-electron chi connectivity index (χ2n) is 4.84. The Morgan fingerprint density at radius 3 is 2.95 bits per heavy atom. The zero-order chi connectivity index (χ0) is 13.2. The molecule has 0 fully saturated rings. The van der Waals surface area contributed by atoms with Crippen molar-refractivity contribution in [3.8, 4) is 5.75 Å². The Kier molecular flexibility index (Phi) is 3.47. The molecule has 2 aromatic rings. The van der Waals surface area contributed by atoms with Crippen LogP contribution in [0.25, 0.3) is 0 Å². The molecule has 1 aliphatic rings. The fraction of sp³-hybridized carbons (Fsp3) is 0.250. The molecular weight excluding hydrogens is 302 g/mol. The van der Waals surface area contributed by atoms with E-state index in [0.717, 1.165) is 28.9 Å². The van der Waals surface area contributed by atoms with Gasteiger partial charge in [-0.25, -0.2) is 0 Å². The number of halogens is 1. The van der Waals surface area contributed by atoms with Crippen LogP contribution in [-0.4, -0.2) is 6.61 Å². The maximum atomic E-state index is 5.54. The third-order valence-electron chi connectivity index (χ3n) is 3.42. The van der Waals surface area contributed by atoms with Gasteiger partial charge in [-0.3, -0.25) is 0 Å². The molecule has 1 heterocycles. The third-order valence-corrected chi connectivity index (χ3v) is 3.91. The van der Waals surface area contributed by atoms with Crippen molar-refractivity contribution in [1.82, 2.24) is 0 Å². The minimum absolute atomic E-state index is 0.278. The highest BCUT2D eigenvalue weighted by Crippen LogP contribution is 2.29. The van der Waals surface area contributed by atoms with E-state index in [-0.39, 0.29) is 6.04 Å². The van der Waals surface area contributed by atoms with Crippen LogP contribution in [0.4, 0.5) is 5.69 Å². The van der Waals surface area contributed by atoms with E-state index in [1.165, 1.54) is 11.1 Å². The third kappa shape index (κ3) is 2.76. The molecule has 98 valence electrons. The van der Waals surface area contributed by atoms with Crippen molar-refractivity contribution in [2.75, 3.05) is 11.9 Å². The molecule has 19 heavy (non-hydrogen) atoms. The molecule has 1 aliphatic heterocycles. The second kappa shape index (κ2) is 5.25. The van der Waals surface area contributed by atoms with E-state index in [2.05, 4.69) is 58.5 Å². The highest BCUT2D eigenvalue weighted by atomic mass is 79.9. The zero-order valence-electron chi connectivity index (χ0n) is 10.8. The molecule has 0 aliphatic carbocycles. The van der Waals surface area contributed by atoms with Crippen molar-refractivity contribution < 1.29 is 4.74 Å². The molecule has 3 heteroatoms. The highest BCUT2D eigenvalue weighted by molar-refractivity contribution is 9.10. The number of rotatable bonds is 3. The van der Waals surface area contributed by atoms with Gasteiger partial charge in [0.05, 0.1) is 6.61 Å². The van der Waals surface area contributed by atoms with Crippen LogP contribution >= 0.6 is 15.9 Å². The highest BCUT2D eigenvalue weighted by Gasteiger charge is 2.14. The molecule has 0 amide bonds. The van der Waals surface area contributed by atoms with Crippen molar-refractivity contribution in [2.45, 2.75) is 19.4 Å². The van der Waals surface area contributed by atoms with Crippen molar-refractivity contribution in [3.63, 3.8) is 0 Å². The lowest BCUT2D eigenvalue weighted by molar-refractivity contribution is 0.357. The molecule has 2 nitrogen and oxygen atoms in total. The van der Waals surface area contributed by atoms with Crippen LogP contribution < -0.4 is 10.1 Å². The number of benzene rings is 2. The Labute approximate surface area is 121 Å². The molecule has 1 atom stereocenters. The molecule has 3 rings (SSSR count). The summed E-state index contributed by atoms with van der Waals surface area (Å²) in [6.07, 6.45) is 1.02. The van der Waals surface area contributed by atoms with Crippen molar-refractivity contribution in [1.29, 1.82) is 0 Å². The first-order valence-electron chi connectivity index (χ1n) is 6.50. The van der Waals surface area contributed by atoms with Gasteiger partial charge in [0.2, 0.25) is 0 Å². The first kappa shape index (κ1) is 12.5. The number of hydrogen-bond acceptors (Lipinski definition) is 2. The average Bonchev–Trinajstić information content (AvgIpc) is 2.85. The first-order chi connectivity index (χ1) is 9.22. The number of fused-ring (bicyclic) bond motifs is 1. The lowest BCUT2D eigenvalue weighted by Crippen LogP contribution is -2.06. The Bertz CT molecular complexity index is 597. The molecule has 0 aromatic heterocycles. The summed E-state index contributed by atoms with van der Waals surface area (Å²) in [5.74, 6) is 1.04. The summed E-state index contributed by atoms with van der Waals surface area (Å²) < 4.78 is 6.63. The number of anilines is 1. The minimum Gasteiger partial charge on any atom is -0.493 e. The SMILES string of the molecule is CC(Nc1cccc(Br)c1)c1ccc2c(c1)CCO2. The van der Waals surface area contributed by atoms with Crippen LogP contribution in [0.2, 0.25) is 0 Å². The first-order valence-corrected chi connectivity index (χ1v) is 7.29. The summed E-state index contributed by atoms with van der Waals surface area (Å²) in [6, 6.07) is 15.0. The summed E-state index contributed by atoms with van der Waals surface area (Å²) >= 11 is 3.49. The van der Waals surface area contributed by atoms with E-state index in [0.29, 0.717) is 0 Å². The van der Waals surface area contributed by atoms with Crippen LogP contribution in [0.3, 0.4) is 0 Å². The number of ether oxygens (including phenoxy) is 1. The minimum atomic E-state index is 0.278. The van der Waals surface area contributed by atoms with Crippen molar-refractivity contribution in [2.24, 2.45) is 0 Å². The molecule has 2 aromatic carbocycles. The normalized spacial score (nSPS) is 14.6. The maximum absolute atomic E-state index is 5.54. The van der Waals surface area contributed by atoms with Gasteiger partial charge in [-0.05, 0) is 48.4 Å². The smallest absolute Gasteiger partial charge is 0.122 e. The summed E-state index contributed by atoms with van der Waals surface area (Å²) in [6.45, 7) is 2.99. The van der Waals surface area contributed by atoms with Crippen LogP contribution in [0, 0.1) is 0 Å². The topological polar surface area (TPSA) is 21.3 Å². The quantitative estimate of drug-likeness (QED) is 0.896. The molecule has 0 saturated heterocycles. The fourth-order valence-electron chi connectivity index (χ4n) is 2.39. The van der Waals surface area contributed by atoms with Gasteiger partial charge in [0.1, 0.15) is 5.75 Å². The standard InChI is InChI=1S/C16H16BrNO/c1-11(18-15-4-2-3-14(17)10-15)12-5-6-16-13(9-12)7-8-19-16/h2-6,9-11,18H,7-8H2,1H3.